The Bertz CT molecular complexity index is 634. The van der Waals surface area contributed by atoms with E-state index >= 15 is 0 Å². The molecule has 152 valence electrons. The average molecular weight is 382 g/mol. The first-order valence-corrected chi connectivity index (χ1v) is 9.35. The van der Waals surface area contributed by atoms with Crippen molar-refractivity contribution in [2.75, 3.05) is 0 Å². The molecule has 0 heterocycles. The van der Waals surface area contributed by atoms with E-state index in [1.165, 1.54) is 0 Å². The first kappa shape index (κ1) is 21.4. The van der Waals surface area contributed by atoms with Crippen molar-refractivity contribution in [3.8, 4) is 0 Å². The van der Waals surface area contributed by atoms with Crippen LogP contribution in [0.4, 0.5) is 0 Å². The molecule has 2 aliphatic carbocycles. The molecule has 4 unspecified atom stereocenters. The van der Waals surface area contributed by atoms with Crippen LogP contribution in [0.25, 0.3) is 0 Å². The molecule has 4 atom stereocenters. The number of hydrogen-bond acceptors (Lipinski definition) is 5. The fourth-order valence-corrected chi connectivity index (χ4v) is 4.91. The molecular weight excluding hydrogens is 352 g/mol. The van der Waals surface area contributed by atoms with Gasteiger partial charge in [-0.05, 0) is 50.4 Å². The van der Waals surface area contributed by atoms with Crippen molar-refractivity contribution in [1.82, 2.24) is 0 Å². The van der Waals surface area contributed by atoms with E-state index in [0.29, 0.717) is 25.7 Å². The lowest BCUT2D eigenvalue weighted by Crippen LogP contribution is -2.48. The molecule has 0 aromatic heterocycles. The summed E-state index contributed by atoms with van der Waals surface area (Å²) in [5.41, 5.74) is -3.94. The second-order valence-electron chi connectivity index (χ2n) is 9.64. The van der Waals surface area contributed by atoms with E-state index in [2.05, 4.69) is 0 Å². The van der Waals surface area contributed by atoms with Crippen LogP contribution in [-0.4, -0.2) is 34.1 Å². The van der Waals surface area contributed by atoms with Gasteiger partial charge < -0.3 is 14.9 Å². The van der Waals surface area contributed by atoms with Crippen LogP contribution in [0, 0.1) is 33.5 Å². The van der Waals surface area contributed by atoms with Crippen molar-refractivity contribution in [1.29, 1.82) is 0 Å². The summed E-state index contributed by atoms with van der Waals surface area (Å²) in [6, 6.07) is 0. The number of aliphatic carboxylic acids is 2. The van der Waals surface area contributed by atoms with Crippen molar-refractivity contribution in [2.45, 2.75) is 67.2 Å². The van der Waals surface area contributed by atoms with Gasteiger partial charge >= 0.3 is 23.9 Å². The van der Waals surface area contributed by atoms with Gasteiger partial charge in [0.1, 0.15) is 0 Å². The zero-order chi connectivity index (χ0) is 21.0. The Hall–Kier alpha value is -1.92. The van der Waals surface area contributed by atoms with Crippen LogP contribution in [0.15, 0.2) is 0 Å². The lowest BCUT2D eigenvalue weighted by atomic mass is 9.65. The summed E-state index contributed by atoms with van der Waals surface area (Å²) >= 11 is 0. The molecule has 2 fully saturated rings. The Balaban J connectivity index is 2.25. The molecule has 2 aliphatic rings. The topological polar surface area (TPSA) is 118 Å². The smallest absolute Gasteiger partial charge is 0.320 e. The third-order valence-electron chi connectivity index (χ3n) is 8.14. The molecule has 27 heavy (non-hydrogen) atoms. The third-order valence-corrected chi connectivity index (χ3v) is 8.14. The highest BCUT2D eigenvalue weighted by molar-refractivity contribution is 5.93. The fraction of sp³-hybridized carbons (Fsp3) is 0.800. The summed E-state index contributed by atoms with van der Waals surface area (Å²) < 4.78 is 5.29. The van der Waals surface area contributed by atoms with Crippen molar-refractivity contribution in [3.63, 3.8) is 0 Å². The second-order valence-corrected chi connectivity index (χ2v) is 9.64. The number of carboxylic acids is 2. The minimum Gasteiger partial charge on any atom is -0.481 e. The molecular formula is C20H30O7. The van der Waals surface area contributed by atoms with Crippen molar-refractivity contribution in [3.05, 3.63) is 0 Å². The summed E-state index contributed by atoms with van der Waals surface area (Å²) in [5, 5.41) is 18.9. The normalized spacial score (nSPS) is 37.0. The number of rotatable bonds is 4. The SMILES string of the molecule is CC1(C(=O)OC(=O)C2(C)CCC(C(=O)O)C2(C)C)CCC(C(=O)O)C1(C)C. The fourth-order valence-electron chi connectivity index (χ4n) is 4.91. The quantitative estimate of drug-likeness (QED) is 0.566. The highest BCUT2D eigenvalue weighted by Crippen LogP contribution is 2.59. The van der Waals surface area contributed by atoms with Crippen molar-refractivity contribution in [2.24, 2.45) is 33.5 Å². The maximum absolute atomic E-state index is 12.9. The summed E-state index contributed by atoms with van der Waals surface area (Å²) in [6.07, 6.45) is 1.32. The molecule has 2 saturated carbocycles. The van der Waals surface area contributed by atoms with Gasteiger partial charge in [0.05, 0.1) is 22.7 Å². The molecule has 0 saturated heterocycles. The number of esters is 2. The van der Waals surface area contributed by atoms with Crippen LogP contribution in [-0.2, 0) is 23.9 Å². The third kappa shape index (κ3) is 2.86. The summed E-state index contributed by atoms with van der Waals surface area (Å²) in [5.74, 6) is -4.76. The minimum absolute atomic E-state index is 0.320. The van der Waals surface area contributed by atoms with Gasteiger partial charge in [0, 0.05) is 0 Å². The van der Waals surface area contributed by atoms with Crippen molar-refractivity contribution >= 4 is 23.9 Å². The first-order valence-electron chi connectivity index (χ1n) is 9.35. The Labute approximate surface area is 159 Å². The molecule has 0 aliphatic heterocycles. The Morgan fingerprint density at radius 2 is 1.00 bits per heavy atom. The van der Waals surface area contributed by atoms with E-state index in [-0.39, 0.29) is 0 Å². The molecule has 7 heteroatoms. The number of ether oxygens (including phenoxy) is 1. The van der Waals surface area contributed by atoms with Gasteiger partial charge in [-0.15, -0.1) is 0 Å². The number of carboxylic acid groups (broad SMARTS) is 2. The van der Waals surface area contributed by atoms with Crippen LogP contribution in [0.5, 0.6) is 0 Å². The van der Waals surface area contributed by atoms with E-state index in [1.54, 1.807) is 41.5 Å². The lowest BCUT2D eigenvalue weighted by Gasteiger charge is -2.41. The highest BCUT2D eigenvalue weighted by Gasteiger charge is 2.62. The van der Waals surface area contributed by atoms with Gasteiger partial charge in [0.25, 0.3) is 0 Å². The molecule has 0 aromatic rings. The van der Waals surface area contributed by atoms with Gasteiger partial charge in [-0.2, -0.15) is 0 Å². The number of carbonyl (C=O) groups is 4. The van der Waals surface area contributed by atoms with Crippen LogP contribution in [0.1, 0.15) is 67.2 Å². The Kier molecular flexibility index (Phi) is 5.00. The Morgan fingerprint density at radius 3 is 1.22 bits per heavy atom. The monoisotopic (exact) mass is 382 g/mol. The summed E-state index contributed by atoms with van der Waals surface area (Å²) in [6.45, 7) is 10.2. The van der Waals surface area contributed by atoms with Gasteiger partial charge in [-0.1, -0.05) is 27.7 Å². The van der Waals surface area contributed by atoms with Crippen LogP contribution in [0.3, 0.4) is 0 Å². The molecule has 0 spiro atoms. The maximum Gasteiger partial charge on any atom is 0.320 e. The van der Waals surface area contributed by atoms with E-state index in [1.807, 2.05) is 0 Å². The van der Waals surface area contributed by atoms with E-state index < -0.39 is 57.4 Å². The molecule has 0 radical (unpaired) electrons. The molecule has 0 bridgehead atoms. The lowest BCUT2D eigenvalue weighted by molar-refractivity contribution is -0.181. The maximum atomic E-state index is 12.9. The summed E-state index contributed by atoms with van der Waals surface area (Å²) in [4.78, 5) is 48.9. The van der Waals surface area contributed by atoms with Crippen LogP contribution in [0.2, 0.25) is 0 Å². The molecule has 0 aromatic carbocycles. The molecule has 0 amide bonds. The van der Waals surface area contributed by atoms with Crippen molar-refractivity contribution < 1.29 is 34.1 Å². The standard InChI is InChI=1S/C20H30O7/c1-17(2)11(13(21)22)7-9-19(17,5)15(25)27-16(26)20(6)10-8-12(14(23)24)18(20,3)4/h11-12H,7-10H2,1-6H3,(H,21,22)(H,23,24). The number of carbonyl (C=O) groups excluding carboxylic acids is 2. The molecule has 2 rings (SSSR count). The first-order chi connectivity index (χ1) is 12.1. The molecule has 2 N–H and O–H groups in total. The minimum atomic E-state index is -1.10. The van der Waals surface area contributed by atoms with Crippen LogP contribution >= 0.6 is 0 Å². The number of hydrogen-bond donors (Lipinski definition) is 2. The highest BCUT2D eigenvalue weighted by atomic mass is 16.6. The van der Waals surface area contributed by atoms with E-state index in [9.17, 15) is 29.4 Å². The van der Waals surface area contributed by atoms with E-state index in [4.69, 9.17) is 4.74 Å². The van der Waals surface area contributed by atoms with Gasteiger partial charge in [-0.25, -0.2) is 0 Å². The predicted octanol–water partition coefficient (Wildman–Crippen LogP) is 3.11. The van der Waals surface area contributed by atoms with Crippen LogP contribution < -0.4 is 0 Å². The van der Waals surface area contributed by atoms with Gasteiger partial charge in [0.2, 0.25) is 0 Å². The Morgan fingerprint density at radius 1 is 0.704 bits per heavy atom. The second kappa shape index (κ2) is 6.31. The van der Waals surface area contributed by atoms with Gasteiger partial charge in [-0.3, -0.25) is 19.2 Å². The largest absolute Gasteiger partial charge is 0.481 e. The zero-order valence-corrected chi connectivity index (χ0v) is 16.9. The average Bonchev–Trinajstić information content (AvgIpc) is 2.91. The predicted molar refractivity (Wildman–Crippen MR) is 95.6 cm³/mol. The zero-order valence-electron chi connectivity index (χ0n) is 16.9. The van der Waals surface area contributed by atoms with Gasteiger partial charge in [0.15, 0.2) is 0 Å². The summed E-state index contributed by atoms with van der Waals surface area (Å²) in [7, 11) is 0. The molecule has 7 nitrogen and oxygen atoms in total. The van der Waals surface area contributed by atoms with E-state index in [0.717, 1.165) is 0 Å².